The summed E-state index contributed by atoms with van der Waals surface area (Å²) in [5.74, 6) is 0. The molecule has 90 valence electrons. The van der Waals surface area contributed by atoms with Crippen LogP contribution >= 0.6 is 43.2 Å². The summed E-state index contributed by atoms with van der Waals surface area (Å²) >= 11 is 9.25. The second-order valence-corrected chi connectivity index (χ2v) is 7.39. The molecule has 0 amide bonds. The summed E-state index contributed by atoms with van der Waals surface area (Å²) in [5, 5.41) is 0. The molecule has 0 spiro atoms. The summed E-state index contributed by atoms with van der Waals surface area (Å²) in [6.07, 6.45) is 0. The molecule has 0 saturated carbocycles. The molecule has 2 rings (SSSR count). The standard InChI is InChI=1S/C14H14Br2S/c1-8-4-5-11(15)7-12(8)13(16)14-9(2)6-10(3)17-14/h4-7,13H,1-3H3. The van der Waals surface area contributed by atoms with Crippen molar-refractivity contribution in [2.24, 2.45) is 0 Å². The van der Waals surface area contributed by atoms with Crippen molar-refractivity contribution in [3.63, 3.8) is 0 Å². The number of benzene rings is 1. The summed E-state index contributed by atoms with van der Waals surface area (Å²) in [6, 6.07) is 8.69. The van der Waals surface area contributed by atoms with Crippen molar-refractivity contribution in [1.29, 1.82) is 0 Å². The minimum atomic E-state index is 0.290. The molecule has 0 saturated heterocycles. The maximum atomic E-state index is 3.83. The molecule has 0 bridgehead atoms. The highest BCUT2D eigenvalue weighted by atomic mass is 79.9. The first-order valence-corrected chi connectivity index (χ1v) is 7.98. The van der Waals surface area contributed by atoms with E-state index in [1.165, 1.54) is 26.4 Å². The first-order valence-electron chi connectivity index (χ1n) is 5.46. The Kier molecular flexibility index (Phi) is 4.11. The Morgan fingerprint density at radius 2 is 1.76 bits per heavy atom. The third-order valence-electron chi connectivity index (χ3n) is 2.82. The average Bonchev–Trinajstić information content (AvgIpc) is 2.60. The van der Waals surface area contributed by atoms with E-state index in [9.17, 15) is 0 Å². The van der Waals surface area contributed by atoms with E-state index < -0.39 is 0 Å². The third kappa shape index (κ3) is 2.83. The van der Waals surface area contributed by atoms with Crippen molar-refractivity contribution in [2.75, 3.05) is 0 Å². The quantitative estimate of drug-likeness (QED) is 0.573. The van der Waals surface area contributed by atoms with Gasteiger partial charge in [0.1, 0.15) is 0 Å². The maximum absolute atomic E-state index is 3.83. The second kappa shape index (κ2) is 5.25. The van der Waals surface area contributed by atoms with Crippen molar-refractivity contribution in [2.45, 2.75) is 25.6 Å². The van der Waals surface area contributed by atoms with E-state index in [0.29, 0.717) is 4.83 Å². The molecule has 3 heteroatoms. The molecule has 17 heavy (non-hydrogen) atoms. The van der Waals surface area contributed by atoms with E-state index in [1.807, 2.05) is 11.3 Å². The summed E-state index contributed by atoms with van der Waals surface area (Å²) in [7, 11) is 0. The fourth-order valence-corrected chi connectivity index (χ4v) is 4.48. The van der Waals surface area contributed by atoms with Crippen LogP contribution in [-0.2, 0) is 0 Å². The number of rotatable bonds is 2. The van der Waals surface area contributed by atoms with Crippen molar-refractivity contribution in [3.05, 3.63) is 55.2 Å². The van der Waals surface area contributed by atoms with Crippen molar-refractivity contribution < 1.29 is 0 Å². The molecular weight excluding hydrogens is 360 g/mol. The zero-order valence-electron chi connectivity index (χ0n) is 10.1. The zero-order chi connectivity index (χ0) is 12.6. The van der Waals surface area contributed by atoms with Gasteiger partial charge in [0, 0.05) is 14.2 Å². The predicted octanol–water partition coefficient (Wildman–Crippen LogP) is 5.92. The van der Waals surface area contributed by atoms with E-state index in [0.717, 1.165) is 4.47 Å². The summed E-state index contributed by atoms with van der Waals surface area (Å²) in [5.41, 5.74) is 4.03. The molecule has 1 heterocycles. The van der Waals surface area contributed by atoms with Crippen LogP contribution in [0.1, 0.15) is 31.3 Å². The largest absolute Gasteiger partial charge is 0.144 e. The number of halogens is 2. The van der Waals surface area contributed by atoms with Gasteiger partial charge in [-0.3, -0.25) is 0 Å². The van der Waals surface area contributed by atoms with Crippen molar-refractivity contribution in [1.82, 2.24) is 0 Å². The normalized spacial score (nSPS) is 12.8. The number of hydrogen-bond acceptors (Lipinski definition) is 1. The van der Waals surface area contributed by atoms with Crippen LogP contribution in [0.15, 0.2) is 28.7 Å². The molecule has 1 aromatic heterocycles. The SMILES string of the molecule is Cc1cc(C)c(C(Br)c2cc(Br)ccc2C)s1. The van der Waals surface area contributed by atoms with Gasteiger partial charge in [-0.1, -0.05) is 37.9 Å². The Morgan fingerprint density at radius 3 is 2.35 bits per heavy atom. The second-order valence-electron chi connectivity index (χ2n) is 4.27. The predicted molar refractivity (Wildman–Crippen MR) is 83.4 cm³/mol. The first-order chi connectivity index (χ1) is 7.99. The summed E-state index contributed by atoms with van der Waals surface area (Å²) < 4.78 is 1.13. The Morgan fingerprint density at radius 1 is 1.06 bits per heavy atom. The highest BCUT2D eigenvalue weighted by molar-refractivity contribution is 9.10. The monoisotopic (exact) mass is 372 g/mol. The topological polar surface area (TPSA) is 0 Å². The lowest BCUT2D eigenvalue weighted by molar-refractivity contribution is 1.15. The Bertz CT molecular complexity index is 543. The fourth-order valence-electron chi connectivity index (χ4n) is 1.94. The molecular formula is C14H14Br2S. The van der Waals surface area contributed by atoms with Gasteiger partial charge in [-0.25, -0.2) is 0 Å². The minimum absolute atomic E-state index is 0.290. The van der Waals surface area contributed by atoms with Crippen LogP contribution in [-0.4, -0.2) is 0 Å². The van der Waals surface area contributed by atoms with E-state index >= 15 is 0 Å². The van der Waals surface area contributed by atoms with Crippen LogP contribution in [0.25, 0.3) is 0 Å². The molecule has 1 aromatic carbocycles. The van der Waals surface area contributed by atoms with Crippen LogP contribution < -0.4 is 0 Å². The van der Waals surface area contributed by atoms with Crippen molar-refractivity contribution in [3.8, 4) is 0 Å². The number of thiophene rings is 1. The van der Waals surface area contributed by atoms with Crippen molar-refractivity contribution >= 4 is 43.2 Å². The smallest absolute Gasteiger partial charge is 0.0743 e. The molecule has 1 atom stereocenters. The first kappa shape index (κ1) is 13.3. The van der Waals surface area contributed by atoms with Crippen LogP contribution in [0.2, 0.25) is 0 Å². The Hall–Kier alpha value is -0.120. The molecule has 0 N–H and O–H groups in total. The van der Waals surface area contributed by atoms with E-state index in [-0.39, 0.29) is 0 Å². The van der Waals surface area contributed by atoms with Crippen LogP contribution in [0, 0.1) is 20.8 Å². The van der Waals surface area contributed by atoms with E-state index in [2.05, 4.69) is 76.9 Å². The zero-order valence-corrected chi connectivity index (χ0v) is 14.0. The highest BCUT2D eigenvalue weighted by Crippen LogP contribution is 2.39. The van der Waals surface area contributed by atoms with Gasteiger partial charge in [0.2, 0.25) is 0 Å². The lowest BCUT2D eigenvalue weighted by atomic mass is 10.0. The lowest BCUT2D eigenvalue weighted by Gasteiger charge is -2.13. The van der Waals surface area contributed by atoms with Gasteiger partial charge in [0.15, 0.2) is 0 Å². The molecule has 1 unspecified atom stereocenters. The van der Waals surface area contributed by atoms with Gasteiger partial charge in [0.05, 0.1) is 4.83 Å². The Balaban J connectivity index is 2.46. The number of aryl methyl sites for hydroxylation is 3. The van der Waals surface area contributed by atoms with Gasteiger partial charge in [-0.05, 0) is 55.7 Å². The third-order valence-corrected chi connectivity index (χ3v) is 5.79. The van der Waals surface area contributed by atoms with Crippen LogP contribution in [0.3, 0.4) is 0 Å². The number of alkyl halides is 1. The maximum Gasteiger partial charge on any atom is 0.0743 e. The molecule has 0 nitrogen and oxygen atoms in total. The molecule has 0 fully saturated rings. The fraction of sp³-hybridized carbons (Fsp3) is 0.286. The van der Waals surface area contributed by atoms with Gasteiger partial charge < -0.3 is 0 Å². The molecule has 0 aliphatic heterocycles. The summed E-state index contributed by atoms with van der Waals surface area (Å²) in [6.45, 7) is 6.50. The molecule has 2 aromatic rings. The number of hydrogen-bond donors (Lipinski definition) is 0. The summed E-state index contributed by atoms with van der Waals surface area (Å²) in [4.78, 5) is 3.07. The van der Waals surface area contributed by atoms with Gasteiger partial charge in [-0.15, -0.1) is 11.3 Å². The van der Waals surface area contributed by atoms with Crippen LogP contribution in [0.4, 0.5) is 0 Å². The molecule has 0 radical (unpaired) electrons. The highest BCUT2D eigenvalue weighted by Gasteiger charge is 2.17. The molecule has 0 aliphatic rings. The van der Waals surface area contributed by atoms with Gasteiger partial charge in [0.25, 0.3) is 0 Å². The van der Waals surface area contributed by atoms with E-state index in [4.69, 9.17) is 0 Å². The average molecular weight is 374 g/mol. The van der Waals surface area contributed by atoms with Crippen LogP contribution in [0.5, 0.6) is 0 Å². The molecule has 0 aliphatic carbocycles. The Labute approximate surface area is 123 Å². The lowest BCUT2D eigenvalue weighted by Crippen LogP contribution is -1.95. The minimum Gasteiger partial charge on any atom is -0.144 e. The van der Waals surface area contributed by atoms with Gasteiger partial charge in [-0.2, -0.15) is 0 Å². The van der Waals surface area contributed by atoms with E-state index in [1.54, 1.807) is 0 Å². The van der Waals surface area contributed by atoms with Gasteiger partial charge >= 0.3 is 0 Å².